The molecule has 0 aromatic carbocycles. The minimum atomic E-state index is -0.816. The average Bonchev–Trinajstić information content (AvgIpc) is 2.69. The molecule has 19 heavy (non-hydrogen) atoms. The lowest BCUT2D eigenvalue weighted by atomic mass is 9.91. The SMILES string of the molecule is CCC(CCCSc1nc(C)c(C)o1)(NC)C(=O)O. The second-order valence-corrected chi connectivity index (χ2v) is 5.61. The highest BCUT2D eigenvalue weighted by atomic mass is 32.2. The van der Waals surface area contributed by atoms with Gasteiger partial charge in [0.2, 0.25) is 0 Å². The Morgan fingerprint density at radius 3 is 2.63 bits per heavy atom. The monoisotopic (exact) mass is 286 g/mol. The fourth-order valence-corrected chi connectivity index (χ4v) is 2.73. The maximum Gasteiger partial charge on any atom is 0.323 e. The molecular weight excluding hydrogens is 264 g/mol. The Morgan fingerprint density at radius 1 is 1.53 bits per heavy atom. The Morgan fingerprint density at radius 2 is 2.21 bits per heavy atom. The Kier molecular flexibility index (Phi) is 5.87. The number of nitrogens with one attached hydrogen (secondary N) is 1. The maximum absolute atomic E-state index is 11.3. The zero-order valence-electron chi connectivity index (χ0n) is 11.9. The summed E-state index contributed by atoms with van der Waals surface area (Å²) in [6.07, 6.45) is 1.97. The van der Waals surface area contributed by atoms with E-state index in [4.69, 9.17) is 4.42 Å². The minimum absolute atomic E-state index is 0.570. The lowest BCUT2D eigenvalue weighted by molar-refractivity contribution is -0.145. The Hall–Kier alpha value is -1.01. The van der Waals surface area contributed by atoms with Crippen molar-refractivity contribution in [2.75, 3.05) is 12.8 Å². The third kappa shape index (κ3) is 3.98. The van der Waals surface area contributed by atoms with Gasteiger partial charge >= 0.3 is 5.97 Å². The van der Waals surface area contributed by atoms with Gasteiger partial charge in [0.25, 0.3) is 5.22 Å². The number of rotatable bonds is 8. The van der Waals surface area contributed by atoms with Crippen LogP contribution in [0.3, 0.4) is 0 Å². The van der Waals surface area contributed by atoms with Crippen LogP contribution in [0, 0.1) is 13.8 Å². The number of thioether (sulfide) groups is 1. The van der Waals surface area contributed by atoms with Crippen molar-refractivity contribution in [3.63, 3.8) is 0 Å². The lowest BCUT2D eigenvalue weighted by Gasteiger charge is -2.27. The van der Waals surface area contributed by atoms with Crippen molar-refractivity contribution in [2.24, 2.45) is 0 Å². The molecule has 0 saturated heterocycles. The van der Waals surface area contributed by atoms with Crippen molar-refractivity contribution in [1.29, 1.82) is 0 Å². The normalized spacial score (nSPS) is 14.3. The Bertz CT molecular complexity index is 408. The van der Waals surface area contributed by atoms with E-state index in [1.54, 1.807) is 7.05 Å². The summed E-state index contributed by atoms with van der Waals surface area (Å²) in [6, 6.07) is 0. The van der Waals surface area contributed by atoms with E-state index < -0.39 is 11.5 Å². The third-order valence-electron chi connectivity index (χ3n) is 3.47. The number of likely N-dealkylation sites (N-methyl/N-ethyl adjacent to an activating group) is 1. The number of nitrogens with zero attached hydrogens (tertiary/aromatic N) is 1. The first-order chi connectivity index (χ1) is 8.95. The number of hydrogen-bond donors (Lipinski definition) is 2. The van der Waals surface area contributed by atoms with Crippen LogP contribution in [0.15, 0.2) is 9.64 Å². The van der Waals surface area contributed by atoms with Gasteiger partial charge in [-0.15, -0.1) is 0 Å². The van der Waals surface area contributed by atoms with Gasteiger partial charge in [0, 0.05) is 5.75 Å². The molecule has 1 atom stereocenters. The first kappa shape index (κ1) is 16.0. The van der Waals surface area contributed by atoms with Crippen molar-refractivity contribution in [3.8, 4) is 0 Å². The molecule has 0 fully saturated rings. The van der Waals surface area contributed by atoms with E-state index in [0.717, 1.165) is 23.6 Å². The van der Waals surface area contributed by atoms with E-state index in [1.165, 1.54) is 11.8 Å². The predicted octanol–water partition coefficient (Wildman–Crippen LogP) is 2.62. The molecule has 1 heterocycles. The molecule has 0 aliphatic heterocycles. The van der Waals surface area contributed by atoms with Crippen LogP contribution < -0.4 is 5.32 Å². The molecule has 0 spiro atoms. The van der Waals surface area contributed by atoms with Crippen LogP contribution in [0.5, 0.6) is 0 Å². The molecule has 0 aliphatic rings. The first-order valence-electron chi connectivity index (χ1n) is 6.44. The predicted molar refractivity (Wildman–Crippen MR) is 75.7 cm³/mol. The summed E-state index contributed by atoms with van der Waals surface area (Å²) in [5.74, 6) is 0.854. The quantitative estimate of drug-likeness (QED) is 0.565. The van der Waals surface area contributed by atoms with Crippen LogP contribution in [-0.4, -0.2) is 34.4 Å². The molecule has 0 radical (unpaired) electrons. The molecule has 108 valence electrons. The van der Waals surface area contributed by atoms with E-state index in [-0.39, 0.29) is 0 Å². The molecule has 1 aromatic rings. The summed E-state index contributed by atoms with van der Waals surface area (Å²) in [7, 11) is 1.70. The molecule has 0 amide bonds. The third-order valence-corrected chi connectivity index (χ3v) is 4.39. The van der Waals surface area contributed by atoms with Gasteiger partial charge in [-0.1, -0.05) is 18.7 Å². The summed E-state index contributed by atoms with van der Waals surface area (Å²) in [5.41, 5.74) is 0.0920. The van der Waals surface area contributed by atoms with Gasteiger partial charge in [-0.05, 0) is 40.2 Å². The molecule has 0 bridgehead atoms. The lowest BCUT2D eigenvalue weighted by Crippen LogP contribution is -2.49. The topological polar surface area (TPSA) is 75.4 Å². The van der Waals surface area contributed by atoms with Crippen molar-refractivity contribution in [3.05, 3.63) is 11.5 Å². The highest BCUT2D eigenvalue weighted by Crippen LogP contribution is 2.24. The number of carboxylic acid groups (broad SMARTS) is 1. The number of oxazole rings is 1. The summed E-state index contributed by atoms with van der Waals surface area (Å²) in [4.78, 5) is 15.6. The first-order valence-corrected chi connectivity index (χ1v) is 7.43. The summed E-state index contributed by atoms with van der Waals surface area (Å²) < 4.78 is 5.47. The standard InChI is InChI=1S/C13H22N2O3S/c1-5-13(14-4,11(16)17)7-6-8-19-12-15-9(2)10(3)18-12/h14H,5-8H2,1-4H3,(H,16,17). The second kappa shape index (κ2) is 6.96. The van der Waals surface area contributed by atoms with E-state index in [0.29, 0.717) is 18.1 Å². The smallest absolute Gasteiger partial charge is 0.323 e. The Labute approximate surface area is 118 Å². The number of aliphatic carboxylic acids is 1. The van der Waals surface area contributed by atoms with Crippen molar-refractivity contribution in [2.45, 2.75) is 50.8 Å². The van der Waals surface area contributed by atoms with Gasteiger partial charge in [-0.25, -0.2) is 4.98 Å². The zero-order chi connectivity index (χ0) is 14.5. The van der Waals surface area contributed by atoms with Gasteiger partial charge in [0.1, 0.15) is 11.3 Å². The van der Waals surface area contributed by atoms with Crippen molar-refractivity contribution >= 4 is 17.7 Å². The van der Waals surface area contributed by atoms with Gasteiger partial charge in [0.15, 0.2) is 0 Å². The maximum atomic E-state index is 11.3. The van der Waals surface area contributed by atoms with Crippen LogP contribution in [0.1, 0.15) is 37.6 Å². The van der Waals surface area contributed by atoms with Gasteiger partial charge < -0.3 is 14.8 Å². The molecule has 5 nitrogen and oxygen atoms in total. The molecule has 0 saturated carbocycles. The van der Waals surface area contributed by atoms with Crippen LogP contribution in [0.4, 0.5) is 0 Å². The van der Waals surface area contributed by atoms with Crippen LogP contribution in [0.2, 0.25) is 0 Å². The fraction of sp³-hybridized carbons (Fsp3) is 0.692. The molecule has 0 aliphatic carbocycles. The highest BCUT2D eigenvalue weighted by molar-refractivity contribution is 7.99. The van der Waals surface area contributed by atoms with Crippen LogP contribution >= 0.6 is 11.8 Å². The summed E-state index contributed by atoms with van der Waals surface area (Å²) in [6.45, 7) is 5.69. The van der Waals surface area contributed by atoms with Gasteiger partial charge in [-0.3, -0.25) is 4.79 Å². The average molecular weight is 286 g/mol. The number of hydrogen-bond acceptors (Lipinski definition) is 5. The van der Waals surface area contributed by atoms with Gasteiger partial charge in [0.05, 0.1) is 5.69 Å². The highest BCUT2D eigenvalue weighted by Gasteiger charge is 2.34. The van der Waals surface area contributed by atoms with E-state index >= 15 is 0 Å². The number of carbonyl (C=O) groups is 1. The van der Waals surface area contributed by atoms with E-state index in [9.17, 15) is 9.90 Å². The van der Waals surface area contributed by atoms with E-state index in [2.05, 4.69) is 10.3 Å². The molecule has 6 heteroatoms. The second-order valence-electron chi connectivity index (χ2n) is 4.56. The molecular formula is C13H22N2O3S. The van der Waals surface area contributed by atoms with Crippen molar-refractivity contribution < 1.29 is 14.3 Å². The summed E-state index contributed by atoms with van der Waals surface area (Å²) >= 11 is 1.53. The molecule has 1 unspecified atom stereocenters. The largest absolute Gasteiger partial charge is 0.480 e. The minimum Gasteiger partial charge on any atom is -0.480 e. The van der Waals surface area contributed by atoms with Crippen LogP contribution in [-0.2, 0) is 4.79 Å². The van der Waals surface area contributed by atoms with E-state index in [1.807, 2.05) is 20.8 Å². The number of aromatic nitrogens is 1. The molecule has 2 N–H and O–H groups in total. The van der Waals surface area contributed by atoms with Gasteiger partial charge in [-0.2, -0.15) is 0 Å². The Balaban J connectivity index is 2.43. The summed E-state index contributed by atoms with van der Waals surface area (Å²) in [5, 5.41) is 12.9. The van der Waals surface area contributed by atoms with Crippen molar-refractivity contribution in [1.82, 2.24) is 10.3 Å². The molecule has 1 aromatic heterocycles. The fourth-order valence-electron chi connectivity index (χ4n) is 1.88. The number of carboxylic acids is 1. The van der Waals surface area contributed by atoms with Crippen LogP contribution in [0.25, 0.3) is 0 Å². The number of aryl methyl sites for hydroxylation is 2. The molecule has 1 rings (SSSR count). The zero-order valence-corrected chi connectivity index (χ0v) is 12.8.